The summed E-state index contributed by atoms with van der Waals surface area (Å²) in [7, 11) is 0. The number of nitrogens with zero attached hydrogens (tertiary/aromatic N) is 2. The van der Waals surface area contributed by atoms with Crippen LogP contribution in [0.1, 0.15) is 51.8 Å². The molecule has 0 aliphatic rings. The van der Waals surface area contributed by atoms with Crippen LogP contribution in [0.4, 0.5) is 11.4 Å². The van der Waals surface area contributed by atoms with E-state index in [0.29, 0.717) is 35.0 Å². The van der Waals surface area contributed by atoms with Gasteiger partial charge in [-0.2, -0.15) is 0 Å². The van der Waals surface area contributed by atoms with E-state index in [1.54, 1.807) is 24.5 Å². The maximum atomic E-state index is 13.9. The topological polar surface area (TPSA) is 119 Å². The highest BCUT2D eigenvalue weighted by molar-refractivity contribution is 5.92. The second-order valence-corrected chi connectivity index (χ2v) is 10.6. The van der Waals surface area contributed by atoms with Gasteiger partial charge in [0.2, 0.25) is 11.8 Å². The van der Waals surface area contributed by atoms with Crippen molar-refractivity contribution >= 4 is 34.0 Å². The van der Waals surface area contributed by atoms with Crippen molar-refractivity contribution in [1.29, 1.82) is 0 Å². The van der Waals surface area contributed by atoms with E-state index in [0.717, 1.165) is 16.3 Å². The zero-order chi connectivity index (χ0) is 30.2. The predicted molar refractivity (Wildman–Crippen MR) is 166 cm³/mol. The number of carbonyl (C=O) groups excluding carboxylic acids is 2. The Bertz CT molecular complexity index is 1540. The Morgan fingerprint density at radius 3 is 2.48 bits per heavy atom. The Hall–Kier alpha value is -4.63. The van der Waals surface area contributed by atoms with Crippen molar-refractivity contribution in [3.05, 3.63) is 90.3 Å². The Morgan fingerprint density at radius 1 is 0.929 bits per heavy atom. The zero-order valence-corrected chi connectivity index (χ0v) is 24.8. The van der Waals surface area contributed by atoms with Gasteiger partial charge in [-0.3, -0.25) is 19.6 Å². The lowest BCUT2D eigenvalue weighted by Gasteiger charge is -2.29. The molecule has 2 amide bonds. The Kier molecular flexibility index (Phi) is 9.98. The fourth-order valence-corrected chi connectivity index (χ4v) is 4.46. The molecule has 1 atom stereocenters. The summed E-state index contributed by atoms with van der Waals surface area (Å²) < 4.78 is 11.8. The van der Waals surface area contributed by atoms with Crippen molar-refractivity contribution in [2.75, 3.05) is 16.9 Å². The van der Waals surface area contributed by atoms with E-state index in [-0.39, 0.29) is 30.4 Å². The van der Waals surface area contributed by atoms with Gasteiger partial charge in [0, 0.05) is 35.9 Å². The second kappa shape index (κ2) is 13.8. The summed E-state index contributed by atoms with van der Waals surface area (Å²) in [6, 6.07) is 19.6. The van der Waals surface area contributed by atoms with E-state index < -0.39 is 6.04 Å². The summed E-state index contributed by atoms with van der Waals surface area (Å²) in [5.41, 5.74) is 2.81. The molecule has 9 nitrogen and oxygen atoms in total. The van der Waals surface area contributed by atoms with Gasteiger partial charge in [0.15, 0.2) is 11.5 Å². The molecule has 220 valence electrons. The number of hydrogen-bond donors (Lipinski definition) is 3. The molecule has 4 aromatic rings. The van der Waals surface area contributed by atoms with E-state index in [4.69, 9.17) is 15.3 Å². The standard InChI is InChI=1S/C33H39N5O4/c1-6-41-30-18-25(11-13-29(30)42-22(4)5)31(38(34)28-12-10-26-20-35-15-14-24(26)17-28)33(40)36-19-23-8-7-9-27(16-23)37-32(39)21(2)3/h7-18,20-22,31H,6,19,34H2,1-5H3,(H,36,40)(H,37,39). The molecule has 3 aromatic carbocycles. The Morgan fingerprint density at radius 2 is 1.74 bits per heavy atom. The van der Waals surface area contributed by atoms with Crippen LogP contribution in [0.25, 0.3) is 10.8 Å². The molecule has 4 rings (SSSR count). The third-order valence-electron chi connectivity index (χ3n) is 6.58. The lowest BCUT2D eigenvalue weighted by atomic mass is 10.0. The van der Waals surface area contributed by atoms with Gasteiger partial charge in [-0.15, -0.1) is 0 Å². The highest BCUT2D eigenvalue weighted by Gasteiger charge is 2.28. The number of ether oxygens (including phenoxy) is 2. The molecule has 1 heterocycles. The lowest BCUT2D eigenvalue weighted by Crippen LogP contribution is -2.44. The van der Waals surface area contributed by atoms with Gasteiger partial charge in [0.05, 0.1) is 18.4 Å². The lowest BCUT2D eigenvalue weighted by molar-refractivity contribution is -0.122. The molecule has 9 heteroatoms. The van der Waals surface area contributed by atoms with Crippen molar-refractivity contribution in [3.8, 4) is 11.5 Å². The quantitative estimate of drug-likeness (QED) is 0.147. The summed E-state index contributed by atoms with van der Waals surface area (Å²) >= 11 is 0. The minimum Gasteiger partial charge on any atom is -0.490 e. The summed E-state index contributed by atoms with van der Waals surface area (Å²) in [4.78, 5) is 30.2. The number of carbonyl (C=O) groups is 2. The molecule has 1 aromatic heterocycles. The molecule has 0 aliphatic heterocycles. The minimum absolute atomic E-state index is 0.0478. The smallest absolute Gasteiger partial charge is 0.249 e. The summed E-state index contributed by atoms with van der Waals surface area (Å²) in [6.45, 7) is 10.1. The van der Waals surface area contributed by atoms with E-state index >= 15 is 0 Å². The third-order valence-corrected chi connectivity index (χ3v) is 6.58. The number of amides is 2. The van der Waals surface area contributed by atoms with Gasteiger partial charge >= 0.3 is 0 Å². The zero-order valence-electron chi connectivity index (χ0n) is 24.8. The molecule has 0 bridgehead atoms. The molecular formula is C33H39N5O4. The third kappa shape index (κ3) is 7.55. The molecule has 0 saturated carbocycles. The minimum atomic E-state index is -0.889. The molecular weight excluding hydrogens is 530 g/mol. The van der Waals surface area contributed by atoms with Gasteiger partial charge in [0.25, 0.3) is 0 Å². The SMILES string of the molecule is CCOc1cc(C(C(=O)NCc2cccc(NC(=O)C(C)C)c2)N(N)c2ccc3cnccc3c2)ccc1OC(C)C. The molecule has 0 radical (unpaired) electrons. The van der Waals surface area contributed by atoms with Gasteiger partial charge in [-0.1, -0.05) is 38.1 Å². The van der Waals surface area contributed by atoms with Gasteiger partial charge in [-0.25, -0.2) is 5.84 Å². The van der Waals surface area contributed by atoms with Gasteiger partial charge in [-0.05, 0) is 79.7 Å². The van der Waals surface area contributed by atoms with E-state index in [1.165, 1.54) is 5.01 Å². The highest BCUT2D eigenvalue weighted by Crippen LogP contribution is 2.34. The maximum Gasteiger partial charge on any atom is 0.249 e. The number of hydrazine groups is 1. The van der Waals surface area contributed by atoms with E-state index in [1.807, 2.05) is 89.2 Å². The molecule has 42 heavy (non-hydrogen) atoms. The van der Waals surface area contributed by atoms with E-state index in [9.17, 15) is 9.59 Å². The van der Waals surface area contributed by atoms with Crippen LogP contribution in [0.5, 0.6) is 11.5 Å². The molecule has 1 unspecified atom stereocenters. The maximum absolute atomic E-state index is 13.9. The normalized spacial score (nSPS) is 11.8. The number of nitrogens with two attached hydrogens (primary N) is 1. The van der Waals surface area contributed by atoms with Gasteiger partial charge in [0.1, 0.15) is 6.04 Å². The molecule has 0 aliphatic carbocycles. The molecule has 4 N–H and O–H groups in total. The number of fused-ring (bicyclic) bond motifs is 1. The Balaban J connectivity index is 1.65. The number of rotatable bonds is 12. The van der Waals surface area contributed by atoms with Crippen LogP contribution in [-0.4, -0.2) is 29.5 Å². The van der Waals surface area contributed by atoms with Crippen LogP contribution in [-0.2, 0) is 16.1 Å². The van der Waals surface area contributed by atoms with Crippen molar-refractivity contribution in [1.82, 2.24) is 10.3 Å². The van der Waals surface area contributed by atoms with Crippen LogP contribution in [0, 0.1) is 5.92 Å². The summed E-state index contributed by atoms with van der Waals surface area (Å²) in [6.07, 6.45) is 3.45. The van der Waals surface area contributed by atoms with Crippen LogP contribution in [0.2, 0.25) is 0 Å². The predicted octanol–water partition coefficient (Wildman–Crippen LogP) is 5.75. The van der Waals surface area contributed by atoms with Crippen LogP contribution < -0.4 is 31.0 Å². The van der Waals surface area contributed by atoms with Crippen molar-refractivity contribution < 1.29 is 19.1 Å². The molecule has 0 saturated heterocycles. The first-order valence-corrected chi connectivity index (χ1v) is 14.1. The summed E-state index contributed by atoms with van der Waals surface area (Å²) in [5.74, 6) is 7.33. The second-order valence-electron chi connectivity index (χ2n) is 10.6. The number of aromatic nitrogens is 1. The first-order valence-electron chi connectivity index (χ1n) is 14.1. The number of pyridine rings is 1. The van der Waals surface area contributed by atoms with E-state index in [2.05, 4.69) is 15.6 Å². The molecule has 0 spiro atoms. The monoisotopic (exact) mass is 569 g/mol. The first-order chi connectivity index (χ1) is 20.2. The number of nitrogens with one attached hydrogen (secondary N) is 2. The highest BCUT2D eigenvalue weighted by atomic mass is 16.5. The largest absolute Gasteiger partial charge is 0.490 e. The van der Waals surface area contributed by atoms with Crippen LogP contribution in [0.15, 0.2) is 79.1 Å². The number of hydrogen-bond acceptors (Lipinski definition) is 7. The fraction of sp³-hybridized carbons (Fsp3) is 0.303. The molecule has 0 fully saturated rings. The van der Waals surface area contributed by atoms with Crippen LogP contribution >= 0.6 is 0 Å². The van der Waals surface area contributed by atoms with Crippen LogP contribution in [0.3, 0.4) is 0 Å². The van der Waals surface area contributed by atoms with Crippen molar-refractivity contribution in [2.24, 2.45) is 11.8 Å². The number of anilines is 2. The van der Waals surface area contributed by atoms with Crippen molar-refractivity contribution in [2.45, 2.75) is 53.3 Å². The Labute approximate surface area is 247 Å². The summed E-state index contributed by atoms with van der Waals surface area (Å²) in [5, 5.41) is 9.31. The fourth-order valence-electron chi connectivity index (χ4n) is 4.46. The van der Waals surface area contributed by atoms with Crippen molar-refractivity contribution in [3.63, 3.8) is 0 Å². The average Bonchev–Trinajstić information content (AvgIpc) is 2.97. The van der Waals surface area contributed by atoms with Gasteiger partial charge < -0.3 is 20.1 Å². The number of benzene rings is 3. The first kappa shape index (κ1) is 30.3. The average molecular weight is 570 g/mol.